The first-order valence-electron chi connectivity index (χ1n) is 23.3. The van der Waals surface area contributed by atoms with E-state index in [-0.39, 0.29) is 13.0 Å². The number of unbranched alkanes of at least 4 members (excludes halogenated alkanes) is 14. The quantitative estimate of drug-likeness (QED) is 0.0149. The van der Waals surface area contributed by atoms with Crippen molar-refractivity contribution >= 4 is 13.8 Å². The number of hydrogen-bond acceptors (Lipinski definition) is 11. The van der Waals surface area contributed by atoms with Crippen molar-refractivity contribution in [1.29, 1.82) is 0 Å². The van der Waals surface area contributed by atoms with E-state index in [4.69, 9.17) is 18.5 Å². The van der Waals surface area contributed by atoms with Crippen LogP contribution < -0.4 is 0 Å². The standard InChI is InChI=1S/C48H83O12P/c1-3-5-7-9-11-13-15-17-19-21-23-25-27-29-31-33-35-37-42(49)59-41(40-58-61(55,56)60-48-46(53)44(51)43(50)45(52)47(48)54)39-57-38-36-34-32-30-28-26-24-22-20-18-16-14-12-10-8-6-4-2/h5,7,11,13-14,16-17,19-20,22-23,25,41,43-48,50-54H,3-4,6,8-10,12,15,18,21,24,26-40H2,1-2H3,(H,55,56)/b7-5-,13-11-,16-14-,19-17-,22-20-,25-23-. The summed E-state index contributed by atoms with van der Waals surface area (Å²) in [7, 11) is -5.03. The number of carbonyl (C=O) groups is 1. The Bertz CT molecular complexity index is 1280. The third kappa shape index (κ3) is 30.5. The maximum Gasteiger partial charge on any atom is 0.472 e. The summed E-state index contributed by atoms with van der Waals surface area (Å²) in [5.74, 6) is -0.507. The summed E-state index contributed by atoms with van der Waals surface area (Å²) < 4.78 is 34.2. The van der Waals surface area contributed by atoms with E-state index in [9.17, 15) is 39.8 Å². The molecule has 352 valence electrons. The van der Waals surface area contributed by atoms with E-state index in [2.05, 4.69) is 86.8 Å². The minimum Gasteiger partial charge on any atom is -0.457 e. The van der Waals surface area contributed by atoms with Crippen molar-refractivity contribution in [3.63, 3.8) is 0 Å². The molecule has 0 heterocycles. The number of esters is 1. The normalized spacial score (nSPS) is 22.8. The number of phosphoric ester groups is 1. The van der Waals surface area contributed by atoms with Gasteiger partial charge in [-0.1, -0.05) is 145 Å². The molecule has 0 spiro atoms. The molecule has 1 aliphatic rings. The highest BCUT2D eigenvalue weighted by Crippen LogP contribution is 2.47. The first-order chi connectivity index (χ1) is 29.5. The Kier molecular flexibility index (Phi) is 35.6. The molecule has 13 heteroatoms. The van der Waals surface area contributed by atoms with E-state index >= 15 is 0 Å². The Labute approximate surface area is 368 Å². The van der Waals surface area contributed by atoms with Crippen LogP contribution in [0.5, 0.6) is 0 Å². The lowest BCUT2D eigenvalue weighted by Gasteiger charge is -2.41. The van der Waals surface area contributed by atoms with Gasteiger partial charge >= 0.3 is 13.8 Å². The predicted octanol–water partition coefficient (Wildman–Crippen LogP) is 9.58. The summed E-state index contributed by atoms with van der Waals surface area (Å²) in [6.07, 6.45) is 36.8. The molecule has 1 saturated carbocycles. The molecule has 1 fully saturated rings. The fourth-order valence-electron chi connectivity index (χ4n) is 6.61. The van der Waals surface area contributed by atoms with Crippen LogP contribution in [0.4, 0.5) is 0 Å². The Morgan fingerprint density at radius 2 is 0.967 bits per heavy atom. The van der Waals surface area contributed by atoms with Crippen molar-refractivity contribution in [3.05, 3.63) is 72.9 Å². The van der Waals surface area contributed by atoms with E-state index in [1.54, 1.807) is 0 Å². The number of aliphatic hydroxyl groups is 5. The van der Waals surface area contributed by atoms with Crippen molar-refractivity contribution in [1.82, 2.24) is 0 Å². The van der Waals surface area contributed by atoms with E-state index in [1.165, 1.54) is 32.1 Å². The van der Waals surface area contributed by atoms with E-state index in [1.807, 2.05) is 0 Å². The van der Waals surface area contributed by atoms with Gasteiger partial charge in [0.1, 0.15) is 42.7 Å². The van der Waals surface area contributed by atoms with Gasteiger partial charge in [-0.15, -0.1) is 0 Å². The predicted molar refractivity (Wildman–Crippen MR) is 244 cm³/mol. The highest BCUT2D eigenvalue weighted by molar-refractivity contribution is 7.47. The number of phosphoric acid groups is 1. The van der Waals surface area contributed by atoms with Crippen LogP contribution in [-0.4, -0.2) is 98.9 Å². The largest absolute Gasteiger partial charge is 0.472 e. The number of hydrogen-bond donors (Lipinski definition) is 6. The molecular formula is C48H83O12P. The fraction of sp³-hybridized carbons (Fsp3) is 0.729. The van der Waals surface area contributed by atoms with Gasteiger partial charge in [0.25, 0.3) is 0 Å². The van der Waals surface area contributed by atoms with Gasteiger partial charge in [0.2, 0.25) is 0 Å². The third-order valence-electron chi connectivity index (χ3n) is 10.3. The maximum atomic E-state index is 12.8. The zero-order chi connectivity index (χ0) is 44.8. The van der Waals surface area contributed by atoms with E-state index in [0.717, 1.165) is 103 Å². The molecule has 0 amide bonds. The number of carbonyl (C=O) groups excluding carboxylic acids is 1. The molecule has 12 nitrogen and oxygen atoms in total. The molecular weight excluding hydrogens is 799 g/mol. The lowest BCUT2D eigenvalue weighted by atomic mass is 9.85. The zero-order valence-corrected chi connectivity index (χ0v) is 38.3. The van der Waals surface area contributed by atoms with Gasteiger partial charge in [-0.25, -0.2) is 4.57 Å². The second-order valence-corrected chi connectivity index (χ2v) is 17.3. The maximum absolute atomic E-state index is 12.8. The van der Waals surface area contributed by atoms with E-state index < -0.39 is 63.1 Å². The molecule has 0 radical (unpaired) electrons. The second-order valence-electron chi connectivity index (χ2n) is 15.9. The van der Waals surface area contributed by atoms with Gasteiger partial charge in [-0.3, -0.25) is 13.8 Å². The lowest BCUT2D eigenvalue weighted by molar-refractivity contribution is -0.220. The van der Waals surface area contributed by atoms with Gasteiger partial charge in [-0.2, -0.15) is 0 Å². The molecule has 0 saturated heterocycles. The van der Waals surface area contributed by atoms with Crippen molar-refractivity contribution in [2.45, 2.75) is 204 Å². The topological polar surface area (TPSA) is 192 Å². The molecule has 0 aromatic heterocycles. The summed E-state index contributed by atoms with van der Waals surface area (Å²) in [6, 6.07) is 0. The number of ether oxygens (including phenoxy) is 2. The minimum atomic E-state index is -5.03. The van der Waals surface area contributed by atoms with Crippen molar-refractivity contribution in [2.24, 2.45) is 0 Å². The van der Waals surface area contributed by atoms with Gasteiger partial charge in [-0.05, 0) is 83.5 Å². The molecule has 6 N–H and O–H groups in total. The molecule has 0 aromatic carbocycles. The molecule has 6 atom stereocenters. The highest BCUT2D eigenvalue weighted by atomic mass is 31.2. The van der Waals surface area contributed by atoms with Crippen LogP contribution >= 0.6 is 7.82 Å². The third-order valence-corrected chi connectivity index (χ3v) is 11.3. The Hall–Kier alpha value is -2.22. The summed E-state index contributed by atoms with van der Waals surface area (Å²) in [6.45, 7) is 4.07. The molecule has 1 aliphatic carbocycles. The first-order valence-corrected chi connectivity index (χ1v) is 24.8. The number of rotatable bonds is 38. The van der Waals surface area contributed by atoms with Crippen molar-refractivity contribution in [2.75, 3.05) is 19.8 Å². The Balaban J connectivity index is 2.43. The minimum absolute atomic E-state index is 0.0979. The molecule has 61 heavy (non-hydrogen) atoms. The summed E-state index contributed by atoms with van der Waals surface area (Å²) in [4.78, 5) is 23.2. The first kappa shape index (κ1) is 56.8. The van der Waals surface area contributed by atoms with Gasteiger partial charge in [0, 0.05) is 13.0 Å². The summed E-state index contributed by atoms with van der Waals surface area (Å²) in [5, 5.41) is 50.2. The van der Waals surface area contributed by atoms with Crippen LogP contribution in [0.2, 0.25) is 0 Å². The van der Waals surface area contributed by atoms with E-state index in [0.29, 0.717) is 13.0 Å². The van der Waals surface area contributed by atoms with Crippen LogP contribution in [0.15, 0.2) is 72.9 Å². The average molecular weight is 883 g/mol. The lowest BCUT2D eigenvalue weighted by Crippen LogP contribution is -2.64. The van der Waals surface area contributed by atoms with Crippen molar-refractivity contribution < 1.29 is 58.3 Å². The molecule has 0 aliphatic heterocycles. The second kappa shape index (κ2) is 38.3. The highest BCUT2D eigenvalue weighted by Gasteiger charge is 2.51. The van der Waals surface area contributed by atoms with Crippen LogP contribution in [0.25, 0.3) is 0 Å². The van der Waals surface area contributed by atoms with Crippen molar-refractivity contribution in [3.8, 4) is 0 Å². The van der Waals surface area contributed by atoms with Crippen LogP contribution in [-0.2, 0) is 27.9 Å². The monoisotopic (exact) mass is 883 g/mol. The summed E-state index contributed by atoms with van der Waals surface area (Å²) >= 11 is 0. The molecule has 0 bridgehead atoms. The van der Waals surface area contributed by atoms with Gasteiger partial charge in [0.05, 0.1) is 13.2 Å². The van der Waals surface area contributed by atoms with Crippen LogP contribution in [0, 0.1) is 0 Å². The number of aliphatic hydroxyl groups excluding tert-OH is 5. The SMILES string of the molecule is CC/C=C\C/C=C\C/C=C\C/C=C\CCCCCCC(=O)OC(COCCCCCCCC/C=C\C/C=C\CCCCCC)COP(=O)(O)OC1C(O)C(O)C(O)C(O)C1O. The number of allylic oxidation sites excluding steroid dienone is 12. The van der Waals surface area contributed by atoms with Gasteiger partial charge < -0.3 is 39.9 Å². The Morgan fingerprint density at radius 3 is 1.48 bits per heavy atom. The average Bonchev–Trinajstić information content (AvgIpc) is 3.24. The smallest absolute Gasteiger partial charge is 0.457 e. The van der Waals surface area contributed by atoms with Crippen LogP contribution in [0.1, 0.15) is 162 Å². The zero-order valence-electron chi connectivity index (χ0n) is 37.4. The molecule has 1 rings (SSSR count). The Morgan fingerprint density at radius 1 is 0.541 bits per heavy atom. The summed E-state index contributed by atoms with van der Waals surface area (Å²) in [5.41, 5.74) is 0. The molecule has 6 unspecified atom stereocenters. The molecule has 0 aromatic rings. The fourth-order valence-corrected chi connectivity index (χ4v) is 7.58. The van der Waals surface area contributed by atoms with Gasteiger partial charge in [0.15, 0.2) is 0 Å². The van der Waals surface area contributed by atoms with Crippen LogP contribution in [0.3, 0.4) is 0 Å².